The molecule has 0 spiro atoms. The monoisotopic (exact) mass is 289 g/mol. The van der Waals surface area contributed by atoms with E-state index in [4.69, 9.17) is 15.2 Å². The van der Waals surface area contributed by atoms with Gasteiger partial charge in [-0.1, -0.05) is 33.1 Å². The van der Waals surface area contributed by atoms with Crippen molar-refractivity contribution < 1.29 is 14.3 Å². The van der Waals surface area contributed by atoms with Gasteiger partial charge in [0.25, 0.3) is 0 Å². The van der Waals surface area contributed by atoms with Crippen LogP contribution in [0.5, 0.6) is 0 Å². The third-order valence-electron chi connectivity index (χ3n) is 2.52. The Labute approximate surface area is 125 Å². The van der Waals surface area contributed by atoms with Gasteiger partial charge in [0.2, 0.25) is 0 Å². The van der Waals surface area contributed by atoms with Crippen LogP contribution >= 0.6 is 0 Å². The molecule has 0 amide bonds. The van der Waals surface area contributed by atoms with Gasteiger partial charge in [0.1, 0.15) is 6.29 Å². The van der Waals surface area contributed by atoms with Gasteiger partial charge in [0, 0.05) is 7.11 Å². The lowest BCUT2D eigenvalue weighted by Gasteiger charge is -2.20. The van der Waals surface area contributed by atoms with E-state index >= 15 is 0 Å². The summed E-state index contributed by atoms with van der Waals surface area (Å²) in [6.07, 6.45) is 7.86. The van der Waals surface area contributed by atoms with Crippen LogP contribution in [0.4, 0.5) is 0 Å². The summed E-state index contributed by atoms with van der Waals surface area (Å²) in [6.45, 7) is 10.3. The molecule has 1 saturated carbocycles. The second-order valence-corrected chi connectivity index (χ2v) is 6.07. The normalized spacial score (nSPS) is 16.6. The maximum atomic E-state index is 10.0. The van der Waals surface area contributed by atoms with E-state index < -0.39 is 6.04 Å². The molecule has 1 fully saturated rings. The molecular formula is C16H35NO3. The third kappa shape index (κ3) is 17.6. The van der Waals surface area contributed by atoms with Crippen LogP contribution in [-0.4, -0.2) is 37.7 Å². The molecule has 1 rings (SSSR count). The number of hydrogen-bond donors (Lipinski definition) is 1. The summed E-state index contributed by atoms with van der Waals surface area (Å²) in [7, 11) is 1.80. The SMILES string of the molecule is CC(C)(C)OC[C@H](N)C=O.CCC.COC1CCCC1. The van der Waals surface area contributed by atoms with Gasteiger partial charge in [-0.25, -0.2) is 0 Å². The lowest BCUT2D eigenvalue weighted by atomic mass is 10.2. The summed E-state index contributed by atoms with van der Waals surface area (Å²) in [5.74, 6) is 0. The third-order valence-corrected chi connectivity index (χ3v) is 2.52. The van der Waals surface area contributed by atoms with Crippen LogP contribution in [-0.2, 0) is 14.3 Å². The topological polar surface area (TPSA) is 61.5 Å². The van der Waals surface area contributed by atoms with Crippen LogP contribution in [0.1, 0.15) is 66.7 Å². The molecular weight excluding hydrogens is 254 g/mol. The molecule has 4 nitrogen and oxygen atoms in total. The molecule has 0 aliphatic heterocycles. The summed E-state index contributed by atoms with van der Waals surface area (Å²) >= 11 is 0. The fourth-order valence-corrected chi connectivity index (χ4v) is 1.51. The van der Waals surface area contributed by atoms with Crippen molar-refractivity contribution in [3.63, 3.8) is 0 Å². The first-order chi connectivity index (χ1) is 9.30. The second kappa shape index (κ2) is 13.5. The second-order valence-electron chi connectivity index (χ2n) is 6.07. The van der Waals surface area contributed by atoms with Gasteiger partial charge < -0.3 is 20.0 Å². The minimum Gasteiger partial charge on any atom is -0.381 e. The molecule has 4 heteroatoms. The Morgan fingerprint density at radius 2 is 1.70 bits per heavy atom. The molecule has 122 valence electrons. The smallest absolute Gasteiger partial charge is 0.139 e. The number of ether oxygens (including phenoxy) is 2. The first-order valence-corrected chi connectivity index (χ1v) is 7.68. The lowest BCUT2D eigenvalue weighted by Crippen LogP contribution is -2.32. The van der Waals surface area contributed by atoms with Gasteiger partial charge in [0.15, 0.2) is 0 Å². The van der Waals surface area contributed by atoms with Crippen LogP contribution in [0.15, 0.2) is 0 Å². The first-order valence-electron chi connectivity index (χ1n) is 7.68. The van der Waals surface area contributed by atoms with Gasteiger partial charge >= 0.3 is 0 Å². The Hall–Kier alpha value is -0.450. The van der Waals surface area contributed by atoms with E-state index in [0.717, 1.165) is 0 Å². The van der Waals surface area contributed by atoms with Crippen molar-refractivity contribution >= 4 is 6.29 Å². The van der Waals surface area contributed by atoms with Gasteiger partial charge in [-0.15, -0.1) is 0 Å². The maximum Gasteiger partial charge on any atom is 0.139 e. The molecule has 1 atom stereocenters. The highest BCUT2D eigenvalue weighted by Gasteiger charge is 2.12. The van der Waals surface area contributed by atoms with Crippen molar-refractivity contribution in [1.82, 2.24) is 0 Å². The zero-order chi connectivity index (χ0) is 16.0. The molecule has 0 heterocycles. The molecule has 0 aromatic rings. The van der Waals surface area contributed by atoms with Gasteiger partial charge in [-0.05, 0) is 33.6 Å². The predicted octanol–water partition coefficient (Wildman–Crippen LogP) is 3.32. The Balaban J connectivity index is 0. The number of rotatable bonds is 4. The summed E-state index contributed by atoms with van der Waals surface area (Å²) in [6, 6.07) is -0.487. The minimum absolute atomic E-state index is 0.208. The first kappa shape index (κ1) is 21.8. The molecule has 1 aliphatic carbocycles. The van der Waals surface area contributed by atoms with E-state index in [-0.39, 0.29) is 5.60 Å². The highest BCUT2D eigenvalue weighted by atomic mass is 16.5. The van der Waals surface area contributed by atoms with Crippen LogP contribution in [0.25, 0.3) is 0 Å². The van der Waals surface area contributed by atoms with Gasteiger partial charge in [0.05, 0.1) is 24.4 Å². The van der Waals surface area contributed by atoms with Crippen molar-refractivity contribution in [2.45, 2.75) is 84.5 Å². The van der Waals surface area contributed by atoms with Gasteiger partial charge in [-0.2, -0.15) is 0 Å². The van der Waals surface area contributed by atoms with Gasteiger partial charge in [-0.3, -0.25) is 0 Å². The molecule has 0 aromatic carbocycles. The Kier molecular flexibility index (Phi) is 14.8. The van der Waals surface area contributed by atoms with E-state index in [0.29, 0.717) is 19.0 Å². The van der Waals surface area contributed by atoms with E-state index in [9.17, 15) is 4.79 Å². The zero-order valence-electron chi connectivity index (χ0n) is 14.3. The highest BCUT2D eigenvalue weighted by Crippen LogP contribution is 2.19. The number of methoxy groups -OCH3 is 1. The molecule has 0 bridgehead atoms. The number of carbonyl (C=O) groups excluding carboxylic acids is 1. The van der Waals surface area contributed by atoms with E-state index in [1.807, 2.05) is 20.8 Å². The maximum absolute atomic E-state index is 10.0. The number of carbonyl (C=O) groups is 1. The fraction of sp³-hybridized carbons (Fsp3) is 0.938. The van der Waals surface area contributed by atoms with Crippen molar-refractivity contribution in [1.29, 1.82) is 0 Å². The largest absolute Gasteiger partial charge is 0.381 e. The minimum atomic E-state index is -0.487. The molecule has 0 radical (unpaired) electrons. The van der Waals surface area contributed by atoms with Crippen molar-refractivity contribution in [3.8, 4) is 0 Å². The van der Waals surface area contributed by atoms with Crippen molar-refractivity contribution in [2.24, 2.45) is 5.73 Å². The van der Waals surface area contributed by atoms with E-state index in [1.165, 1.54) is 32.1 Å². The van der Waals surface area contributed by atoms with Crippen LogP contribution < -0.4 is 5.73 Å². The van der Waals surface area contributed by atoms with Crippen LogP contribution in [0, 0.1) is 0 Å². The van der Waals surface area contributed by atoms with Crippen LogP contribution in [0.2, 0.25) is 0 Å². The van der Waals surface area contributed by atoms with E-state index in [2.05, 4.69) is 13.8 Å². The van der Waals surface area contributed by atoms with Crippen molar-refractivity contribution in [3.05, 3.63) is 0 Å². The average Bonchev–Trinajstić information content (AvgIpc) is 2.90. The molecule has 2 N–H and O–H groups in total. The van der Waals surface area contributed by atoms with Crippen molar-refractivity contribution in [2.75, 3.05) is 13.7 Å². The standard InChI is InChI=1S/C7H15NO2.C6H12O.C3H8/c1-7(2,3)10-5-6(8)4-9;1-7-6-4-2-3-5-6;1-3-2/h4,6H,5,8H2,1-3H3;6H,2-5H2,1H3;3H2,1-2H3/t6-;;/m1../s1. The summed E-state index contributed by atoms with van der Waals surface area (Å²) in [5.41, 5.74) is 5.08. The summed E-state index contributed by atoms with van der Waals surface area (Å²) in [4.78, 5) is 10.0. The molecule has 0 unspecified atom stereocenters. The van der Waals surface area contributed by atoms with E-state index in [1.54, 1.807) is 7.11 Å². The molecule has 1 aliphatic rings. The average molecular weight is 289 g/mol. The number of hydrogen-bond acceptors (Lipinski definition) is 4. The summed E-state index contributed by atoms with van der Waals surface area (Å²) in [5, 5.41) is 0. The number of nitrogens with two attached hydrogens (primary N) is 1. The fourth-order valence-electron chi connectivity index (χ4n) is 1.51. The lowest BCUT2D eigenvalue weighted by molar-refractivity contribution is -0.111. The Morgan fingerprint density at radius 3 is 1.95 bits per heavy atom. The number of aldehydes is 1. The Morgan fingerprint density at radius 1 is 1.25 bits per heavy atom. The Bertz CT molecular complexity index is 208. The highest BCUT2D eigenvalue weighted by molar-refractivity contribution is 5.57. The quantitative estimate of drug-likeness (QED) is 0.806. The molecule has 0 aromatic heterocycles. The zero-order valence-corrected chi connectivity index (χ0v) is 14.3. The molecule has 20 heavy (non-hydrogen) atoms. The summed E-state index contributed by atoms with van der Waals surface area (Å²) < 4.78 is 10.3. The van der Waals surface area contributed by atoms with Crippen LogP contribution in [0.3, 0.4) is 0 Å². The molecule has 0 saturated heterocycles. The predicted molar refractivity (Wildman–Crippen MR) is 85.0 cm³/mol.